The average molecular weight is 222 g/mol. The Labute approximate surface area is 93.1 Å². The summed E-state index contributed by atoms with van der Waals surface area (Å²) in [6.07, 6.45) is 1.91. The summed E-state index contributed by atoms with van der Waals surface area (Å²) in [6.45, 7) is 0.662. The van der Waals surface area contributed by atoms with Crippen molar-refractivity contribution in [3.63, 3.8) is 0 Å². The van der Waals surface area contributed by atoms with Crippen molar-refractivity contribution in [2.75, 3.05) is 20.8 Å². The third kappa shape index (κ3) is 2.17. The van der Waals surface area contributed by atoms with E-state index in [0.717, 1.165) is 5.52 Å². The Bertz CT molecular complexity index is 441. The molecular formula is C11H14N2OS. The van der Waals surface area contributed by atoms with E-state index in [1.807, 2.05) is 19.3 Å². The topological polar surface area (TPSA) is 34.1 Å². The number of methoxy groups -OCH3 is 1. The van der Waals surface area contributed by atoms with Crippen molar-refractivity contribution in [3.05, 3.63) is 29.3 Å². The van der Waals surface area contributed by atoms with Gasteiger partial charge in [0, 0.05) is 13.3 Å². The van der Waals surface area contributed by atoms with Gasteiger partial charge in [-0.25, -0.2) is 0 Å². The molecule has 0 saturated heterocycles. The summed E-state index contributed by atoms with van der Waals surface area (Å²) in [5.74, 6) is 0. The molecule has 0 saturated carbocycles. The number of aromatic nitrogens is 1. The van der Waals surface area contributed by atoms with E-state index >= 15 is 0 Å². The third-order valence-electron chi connectivity index (χ3n) is 2.41. The summed E-state index contributed by atoms with van der Waals surface area (Å²) >= 11 is 1.72. The van der Waals surface area contributed by atoms with Crippen LogP contribution in [-0.2, 0) is 4.74 Å². The lowest BCUT2D eigenvalue weighted by Crippen LogP contribution is -2.21. The molecule has 80 valence electrons. The molecule has 0 radical (unpaired) electrons. The SMILES string of the molecule is CNC(COC)c1cnc2ccsc2c1. The van der Waals surface area contributed by atoms with Crippen LogP contribution in [0.2, 0.25) is 0 Å². The largest absolute Gasteiger partial charge is 0.383 e. The molecule has 1 N–H and O–H groups in total. The number of rotatable bonds is 4. The molecule has 4 heteroatoms. The van der Waals surface area contributed by atoms with Crippen molar-refractivity contribution in [3.8, 4) is 0 Å². The molecule has 0 fully saturated rings. The molecule has 0 amide bonds. The zero-order valence-electron chi connectivity index (χ0n) is 8.86. The van der Waals surface area contributed by atoms with E-state index in [-0.39, 0.29) is 6.04 Å². The Morgan fingerprint density at radius 1 is 1.60 bits per heavy atom. The van der Waals surface area contributed by atoms with Gasteiger partial charge in [-0.1, -0.05) is 0 Å². The fourth-order valence-electron chi connectivity index (χ4n) is 1.57. The van der Waals surface area contributed by atoms with Gasteiger partial charge in [0.1, 0.15) is 0 Å². The number of nitrogens with one attached hydrogen (secondary N) is 1. The standard InChI is InChI=1S/C11H14N2OS/c1-12-10(7-14-2)8-5-11-9(13-6-8)3-4-15-11/h3-6,10,12H,7H2,1-2H3. The summed E-state index contributed by atoms with van der Waals surface area (Å²) in [5, 5.41) is 5.28. The first kappa shape index (κ1) is 10.5. The van der Waals surface area contributed by atoms with Crippen LogP contribution in [0.4, 0.5) is 0 Å². The molecule has 1 unspecified atom stereocenters. The number of pyridine rings is 1. The van der Waals surface area contributed by atoms with Crippen LogP contribution in [0, 0.1) is 0 Å². The van der Waals surface area contributed by atoms with Crippen molar-refractivity contribution in [1.29, 1.82) is 0 Å². The highest BCUT2D eigenvalue weighted by Gasteiger charge is 2.09. The second kappa shape index (κ2) is 4.70. The molecule has 15 heavy (non-hydrogen) atoms. The summed E-state index contributed by atoms with van der Waals surface area (Å²) in [4.78, 5) is 4.41. The first-order valence-corrected chi connectivity index (χ1v) is 5.72. The molecule has 2 aromatic heterocycles. The van der Waals surface area contributed by atoms with E-state index in [0.29, 0.717) is 6.61 Å². The van der Waals surface area contributed by atoms with Crippen molar-refractivity contribution < 1.29 is 4.74 Å². The molecule has 2 aromatic rings. The molecule has 0 aliphatic carbocycles. The highest BCUT2D eigenvalue weighted by Crippen LogP contribution is 2.22. The lowest BCUT2D eigenvalue weighted by molar-refractivity contribution is 0.170. The van der Waals surface area contributed by atoms with Crippen LogP contribution >= 0.6 is 11.3 Å². The molecule has 0 aliphatic rings. The number of fused-ring (bicyclic) bond motifs is 1. The van der Waals surface area contributed by atoms with Crippen molar-refractivity contribution in [1.82, 2.24) is 10.3 Å². The van der Waals surface area contributed by atoms with Crippen LogP contribution in [0.1, 0.15) is 11.6 Å². The normalized spacial score (nSPS) is 13.2. The van der Waals surface area contributed by atoms with Crippen LogP contribution in [-0.4, -0.2) is 25.7 Å². The molecule has 0 aromatic carbocycles. The Morgan fingerprint density at radius 2 is 2.47 bits per heavy atom. The molecule has 1 atom stereocenters. The Hall–Kier alpha value is -0.970. The average Bonchev–Trinajstić information content (AvgIpc) is 2.72. The number of ether oxygens (including phenoxy) is 1. The number of nitrogens with zero attached hydrogens (tertiary/aromatic N) is 1. The fourth-order valence-corrected chi connectivity index (χ4v) is 2.35. The highest BCUT2D eigenvalue weighted by atomic mass is 32.1. The fraction of sp³-hybridized carbons (Fsp3) is 0.364. The summed E-state index contributed by atoms with van der Waals surface area (Å²) in [6, 6.07) is 4.43. The van der Waals surface area contributed by atoms with Gasteiger partial charge in [-0.2, -0.15) is 0 Å². The second-order valence-electron chi connectivity index (χ2n) is 3.37. The van der Waals surface area contributed by atoms with Gasteiger partial charge < -0.3 is 10.1 Å². The molecule has 3 nitrogen and oxygen atoms in total. The maximum Gasteiger partial charge on any atom is 0.0809 e. The van der Waals surface area contributed by atoms with E-state index in [2.05, 4.69) is 21.7 Å². The quantitative estimate of drug-likeness (QED) is 0.861. The minimum atomic E-state index is 0.217. The minimum absolute atomic E-state index is 0.217. The Balaban J connectivity index is 2.33. The minimum Gasteiger partial charge on any atom is -0.383 e. The molecule has 2 heterocycles. The zero-order chi connectivity index (χ0) is 10.7. The predicted molar refractivity (Wildman–Crippen MR) is 63.3 cm³/mol. The van der Waals surface area contributed by atoms with Crippen LogP contribution in [0.15, 0.2) is 23.7 Å². The van der Waals surface area contributed by atoms with Gasteiger partial charge in [0.25, 0.3) is 0 Å². The maximum absolute atomic E-state index is 5.16. The van der Waals surface area contributed by atoms with Gasteiger partial charge in [-0.15, -0.1) is 11.3 Å². The van der Waals surface area contributed by atoms with Crippen LogP contribution < -0.4 is 5.32 Å². The first-order valence-electron chi connectivity index (χ1n) is 4.84. The zero-order valence-corrected chi connectivity index (χ0v) is 9.67. The Kier molecular flexibility index (Phi) is 3.30. The summed E-state index contributed by atoms with van der Waals surface area (Å²) in [7, 11) is 3.64. The van der Waals surface area contributed by atoms with Gasteiger partial charge in [0.05, 0.1) is 22.9 Å². The van der Waals surface area contributed by atoms with Gasteiger partial charge in [0.15, 0.2) is 0 Å². The van der Waals surface area contributed by atoms with Crippen molar-refractivity contribution in [2.45, 2.75) is 6.04 Å². The summed E-state index contributed by atoms with van der Waals surface area (Å²) in [5.41, 5.74) is 2.24. The number of hydrogen-bond donors (Lipinski definition) is 1. The lowest BCUT2D eigenvalue weighted by Gasteiger charge is -2.14. The Morgan fingerprint density at radius 3 is 3.20 bits per heavy atom. The van der Waals surface area contributed by atoms with E-state index < -0.39 is 0 Å². The first-order chi connectivity index (χ1) is 7.35. The second-order valence-corrected chi connectivity index (χ2v) is 4.32. The monoisotopic (exact) mass is 222 g/mol. The number of thiophene rings is 1. The predicted octanol–water partition coefficient (Wildman–Crippen LogP) is 2.20. The summed E-state index contributed by atoms with van der Waals surface area (Å²) < 4.78 is 6.38. The maximum atomic E-state index is 5.16. The van der Waals surface area contributed by atoms with Crippen LogP contribution in [0.3, 0.4) is 0 Å². The van der Waals surface area contributed by atoms with Crippen molar-refractivity contribution in [2.24, 2.45) is 0 Å². The molecule has 0 bridgehead atoms. The van der Waals surface area contributed by atoms with E-state index in [1.165, 1.54) is 10.3 Å². The van der Waals surface area contributed by atoms with Gasteiger partial charge >= 0.3 is 0 Å². The van der Waals surface area contributed by atoms with Crippen LogP contribution in [0.5, 0.6) is 0 Å². The number of likely N-dealkylation sites (N-methyl/N-ethyl adjacent to an activating group) is 1. The van der Waals surface area contributed by atoms with Gasteiger partial charge in [-0.05, 0) is 30.1 Å². The molecule has 0 aliphatic heterocycles. The van der Waals surface area contributed by atoms with Crippen molar-refractivity contribution >= 4 is 21.6 Å². The van der Waals surface area contributed by atoms with Gasteiger partial charge in [0.2, 0.25) is 0 Å². The van der Waals surface area contributed by atoms with E-state index in [4.69, 9.17) is 4.74 Å². The number of hydrogen-bond acceptors (Lipinski definition) is 4. The lowest BCUT2D eigenvalue weighted by atomic mass is 10.1. The molecule has 0 spiro atoms. The van der Waals surface area contributed by atoms with E-state index in [1.54, 1.807) is 18.4 Å². The van der Waals surface area contributed by atoms with Crippen LogP contribution in [0.25, 0.3) is 10.2 Å². The smallest absolute Gasteiger partial charge is 0.0809 e. The van der Waals surface area contributed by atoms with E-state index in [9.17, 15) is 0 Å². The van der Waals surface area contributed by atoms with Gasteiger partial charge in [-0.3, -0.25) is 4.98 Å². The highest BCUT2D eigenvalue weighted by molar-refractivity contribution is 7.17. The molecule has 2 rings (SSSR count). The third-order valence-corrected chi connectivity index (χ3v) is 3.26. The molecular weight excluding hydrogens is 208 g/mol.